The largest absolute Gasteiger partial charge is 0.325 e. The van der Waals surface area contributed by atoms with Gasteiger partial charge in [0.1, 0.15) is 5.01 Å². The second-order valence-electron chi connectivity index (χ2n) is 7.81. The lowest BCUT2D eigenvalue weighted by atomic mass is 9.82. The van der Waals surface area contributed by atoms with E-state index in [0.29, 0.717) is 5.69 Å². The zero-order valence-electron chi connectivity index (χ0n) is 17.5. The Kier molecular flexibility index (Phi) is 5.07. The summed E-state index contributed by atoms with van der Waals surface area (Å²) in [6.07, 6.45) is 0. The second-order valence-corrected chi connectivity index (χ2v) is 8.67. The van der Waals surface area contributed by atoms with E-state index in [9.17, 15) is 9.59 Å². The molecule has 0 saturated carbocycles. The molecule has 4 aromatic rings. The molecule has 1 aromatic heterocycles. The van der Waals surface area contributed by atoms with Gasteiger partial charge in [0.05, 0.1) is 12.2 Å². The molecule has 1 saturated heterocycles. The minimum atomic E-state index is -1.25. The molecule has 0 atom stereocenters. The van der Waals surface area contributed by atoms with Crippen LogP contribution in [0.1, 0.15) is 22.4 Å². The number of imide groups is 1. The summed E-state index contributed by atoms with van der Waals surface area (Å²) in [6, 6.07) is 26.5. The number of aromatic nitrogens is 1. The topological polar surface area (TPSA) is 62.3 Å². The number of nitrogens with zero attached hydrogens (tertiary/aromatic N) is 2. The number of urea groups is 1. The molecule has 1 fully saturated rings. The molecule has 1 aliphatic rings. The van der Waals surface area contributed by atoms with Gasteiger partial charge in [0, 0.05) is 10.9 Å². The molecule has 5 nitrogen and oxygen atoms in total. The van der Waals surface area contributed by atoms with E-state index in [1.165, 1.54) is 21.8 Å². The van der Waals surface area contributed by atoms with Crippen molar-refractivity contribution in [3.8, 4) is 10.6 Å². The Hall–Kier alpha value is -3.77. The van der Waals surface area contributed by atoms with E-state index in [0.717, 1.165) is 21.7 Å². The number of hydrogen-bond acceptors (Lipinski definition) is 4. The van der Waals surface area contributed by atoms with Crippen LogP contribution in [0.2, 0.25) is 0 Å². The maximum Gasteiger partial charge on any atom is 0.325 e. The van der Waals surface area contributed by atoms with Gasteiger partial charge < -0.3 is 5.32 Å². The molecular weight excluding hydrogens is 418 g/mol. The first-order chi connectivity index (χ1) is 15.6. The Labute approximate surface area is 190 Å². The monoisotopic (exact) mass is 439 g/mol. The van der Waals surface area contributed by atoms with Crippen molar-refractivity contribution in [2.24, 2.45) is 0 Å². The Balaban J connectivity index is 1.48. The maximum absolute atomic E-state index is 13.8. The van der Waals surface area contributed by atoms with Gasteiger partial charge in [-0.3, -0.25) is 9.69 Å². The van der Waals surface area contributed by atoms with Crippen LogP contribution in [0.3, 0.4) is 0 Å². The molecule has 3 amide bonds. The summed E-state index contributed by atoms with van der Waals surface area (Å²) in [5, 5.41) is 5.75. The van der Waals surface area contributed by atoms with E-state index < -0.39 is 11.6 Å². The lowest BCUT2D eigenvalue weighted by Gasteiger charge is -2.27. The zero-order valence-corrected chi connectivity index (χ0v) is 18.3. The van der Waals surface area contributed by atoms with E-state index >= 15 is 0 Å². The van der Waals surface area contributed by atoms with Gasteiger partial charge in [-0.15, -0.1) is 11.3 Å². The minimum absolute atomic E-state index is 0.119. The van der Waals surface area contributed by atoms with Crippen LogP contribution >= 0.6 is 11.3 Å². The van der Waals surface area contributed by atoms with E-state index in [-0.39, 0.29) is 12.5 Å². The summed E-state index contributed by atoms with van der Waals surface area (Å²) in [6.45, 7) is 2.16. The standard InChI is InChI=1S/C26H21N3O2S/c1-18-12-14-19(15-13-18)23-27-22(17-32-23)16-29-24(30)26(28-25(29)31,20-8-4-2-5-9-20)21-10-6-3-7-11-21/h2-15,17H,16H2,1H3,(H,28,31). The van der Waals surface area contributed by atoms with Crippen molar-refractivity contribution in [1.82, 2.24) is 15.2 Å². The van der Waals surface area contributed by atoms with Crippen molar-refractivity contribution in [2.45, 2.75) is 19.0 Å². The number of nitrogens with one attached hydrogen (secondary N) is 1. The van der Waals surface area contributed by atoms with Crippen molar-refractivity contribution in [3.05, 3.63) is 113 Å². The summed E-state index contributed by atoms with van der Waals surface area (Å²) >= 11 is 1.51. The van der Waals surface area contributed by atoms with Gasteiger partial charge in [-0.2, -0.15) is 0 Å². The summed E-state index contributed by atoms with van der Waals surface area (Å²) in [5.74, 6) is -0.301. The van der Waals surface area contributed by atoms with Crippen molar-refractivity contribution >= 4 is 23.3 Å². The predicted octanol–water partition coefficient (Wildman–Crippen LogP) is 5.11. The number of benzene rings is 3. The number of carbonyl (C=O) groups is 2. The highest BCUT2D eigenvalue weighted by Crippen LogP contribution is 2.37. The molecule has 158 valence electrons. The summed E-state index contributed by atoms with van der Waals surface area (Å²) in [4.78, 5) is 32.7. The minimum Gasteiger partial charge on any atom is -0.315 e. The average Bonchev–Trinajstić information content (AvgIpc) is 3.40. The lowest BCUT2D eigenvalue weighted by Crippen LogP contribution is -2.45. The van der Waals surface area contributed by atoms with Crippen LogP contribution in [-0.2, 0) is 16.9 Å². The number of carbonyl (C=O) groups excluding carboxylic acids is 2. The van der Waals surface area contributed by atoms with Gasteiger partial charge in [-0.25, -0.2) is 9.78 Å². The third-order valence-corrected chi connectivity index (χ3v) is 6.63. The zero-order chi connectivity index (χ0) is 22.1. The number of thiazole rings is 1. The Bertz CT molecular complexity index is 1230. The molecule has 2 heterocycles. The molecule has 0 radical (unpaired) electrons. The van der Waals surface area contributed by atoms with Gasteiger partial charge in [0.25, 0.3) is 5.91 Å². The van der Waals surface area contributed by atoms with Gasteiger partial charge in [-0.1, -0.05) is 90.5 Å². The van der Waals surface area contributed by atoms with Crippen LogP contribution in [0.5, 0.6) is 0 Å². The number of hydrogen-bond donors (Lipinski definition) is 1. The summed E-state index contributed by atoms with van der Waals surface area (Å²) < 4.78 is 0. The Morgan fingerprint density at radius 3 is 2.06 bits per heavy atom. The quantitative estimate of drug-likeness (QED) is 0.439. The van der Waals surface area contributed by atoms with Crippen LogP contribution in [-0.4, -0.2) is 21.8 Å². The maximum atomic E-state index is 13.8. The van der Waals surface area contributed by atoms with Crippen molar-refractivity contribution < 1.29 is 9.59 Å². The van der Waals surface area contributed by atoms with E-state index in [4.69, 9.17) is 0 Å². The normalized spacial score (nSPS) is 15.1. The van der Waals surface area contributed by atoms with Gasteiger partial charge in [0.15, 0.2) is 5.54 Å². The first-order valence-electron chi connectivity index (χ1n) is 10.3. The first-order valence-corrected chi connectivity index (χ1v) is 11.2. The molecule has 0 unspecified atom stereocenters. The molecule has 32 heavy (non-hydrogen) atoms. The van der Waals surface area contributed by atoms with Crippen LogP contribution < -0.4 is 5.32 Å². The second kappa shape index (κ2) is 8.05. The molecule has 1 N–H and O–H groups in total. The number of rotatable bonds is 5. The lowest BCUT2D eigenvalue weighted by molar-refractivity contribution is -0.130. The molecule has 0 aliphatic carbocycles. The molecule has 1 aliphatic heterocycles. The average molecular weight is 440 g/mol. The summed E-state index contributed by atoms with van der Waals surface area (Å²) in [5.41, 5.74) is 3.09. The molecular formula is C26H21N3O2S. The fraction of sp³-hybridized carbons (Fsp3) is 0.115. The highest BCUT2D eigenvalue weighted by atomic mass is 32.1. The highest BCUT2D eigenvalue weighted by Gasteiger charge is 2.53. The highest BCUT2D eigenvalue weighted by molar-refractivity contribution is 7.13. The fourth-order valence-corrected chi connectivity index (χ4v) is 4.84. The summed E-state index contributed by atoms with van der Waals surface area (Å²) in [7, 11) is 0. The van der Waals surface area contributed by atoms with E-state index in [1.54, 1.807) is 0 Å². The SMILES string of the molecule is Cc1ccc(-c2nc(CN3C(=O)NC(c4ccccc4)(c4ccccc4)C3=O)cs2)cc1. The third-order valence-electron chi connectivity index (χ3n) is 5.69. The molecule has 0 spiro atoms. The smallest absolute Gasteiger partial charge is 0.315 e. The third kappa shape index (κ3) is 3.39. The predicted molar refractivity (Wildman–Crippen MR) is 125 cm³/mol. The van der Waals surface area contributed by atoms with E-state index in [2.05, 4.69) is 10.3 Å². The molecule has 6 heteroatoms. The van der Waals surface area contributed by atoms with Gasteiger partial charge in [-0.05, 0) is 18.1 Å². The fourth-order valence-electron chi connectivity index (χ4n) is 4.02. The number of aryl methyl sites for hydroxylation is 1. The molecule has 3 aromatic carbocycles. The van der Waals surface area contributed by atoms with Crippen LogP contribution in [0, 0.1) is 6.92 Å². The van der Waals surface area contributed by atoms with Gasteiger partial charge >= 0.3 is 6.03 Å². The van der Waals surface area contributed by atoms with Gasteiger partial charge in [0.2, 0.25) is 0 Å². The van der Waals surface area contributed by atoms with Crippen molar-refractivity contribution in [1.29, 1.82) is 0 Å². The first kappa shape index (κ1) is 20.2. The molecule has 0 bridgehead atoms. The Morgan fingerprint density at radius 2 is 1.47 bits per heavy atom. The van der Waals surface area contributed by atoms with Crippen LogP contribution in [0.15, 0.2) is 90.3 Å². The van der Waals surface area contributed by atoms with Crippen molar-refractivity contribution in [2.75, 3.05) is 0 Å². The van der Waals surface area contributed by atoms with Crippen LogP contribution in [0.25, 0.3) is 10.6 Å². The van der Waals surface area contributed by atoms with Crippen molar-refractivity contribution in [3.63, 3.8) is 0 Å². The van der Waals surface area contributed by atoms with E-state index in [1.807, 2.05) is 97.2 Å². The Morgan fingerprint density at radius 1 is 0.875 bits per heavy atom. The van der Waals surface area contributed by atoms with Crippen LogP contribution in [0.4, 0.5) is 4.79 Å². The number of amides is 3. The molecule has 5 rings (SSSR count).